The molecule has 0 aliphatic carbocycles. The normalized spacial score (nSPS) is 13.6. The van der Waals surface area contributed by atoms with Crippen LogP contribution in [0.1, 0.15) is 48.9 Å². The van der Waals surface area contributed by atoms with E-state index in [2.05, 4.69) is 25.2 Å². The summed E-state index contributed by atoms with van der Waals surface area (Å²) in [5, 5.41) is 15.8. The zero-order valence-electron chi connectivity index (χ0n) is 16.5. The first-order valence-corrected chi connectivity index (χ1v) is 10.1. The maximum atomic E-state index is 12.6. The molecule has 0 saturated carbocycles. The predicted molar refractivity (Wildman–Crippen MR) is 110 cm³/mol. The molecular weight excluding hydrogens is 368 g/mol. The van der Waals surface area contributed by atoms with Crippen molar-refractivity contribution >= 4 is 11.6 Å². The van der Waals surface area contributed by atoms with Gasteiger partial charge in [-0.05, 0) is 37.5 Å². The molecule has 0 spiro atoms. The van der Waals surface area contributed by atoms with Crippen LogP contribution in [0.5, 0.6) is 0 Å². The minimum atomic E-state index is -0.355. The summed E-state index contributed by atoms with van der Waals surface area (Å²) in [6.45, 7) is 3.35. The number of anilines is 1. The number of aromatic nitrogens is 5. The number of carbonyl (C=O) groups excluding carboxylic acids is 1. The van der Waals surface area contributed by atoms with Crippen LogP contribution in [-0.2, 0) is 19.5 Å². The van der Waals surface area contributed by atoms with Crippen molar-refractivity contribution in [2.75, 3.05) is 5.32 Å². The van der Waals surface area contributed by atoms with E-state index in [1.807, 2.05) is 31.2 Å². The zero-order chi connectivity index (χ0) is 20.2. The van der Waals surface area contributed by atoms with E-state index in [0.29, 0.717) is 12.2 Å². The number of amides is 1. The Morgan fingerprint density at radius 1 is 1.14 bits per heavy atom. The number of hydrogen-bond acceptors (Lipinski definition) is 5. The third kappa shape index (κ3) is 4.11. The Bertz CT molecular complexity index is 1080. The lowest BCUT2D eigenvalue weighted by atomic mass is 10.2. The summed E-state index contributed by atoms with van der Waals surface area (Å²) in [5.74, 6) is 1.49. The van der Waals surface area contributed by atoms with Gasteiger partial charge in [-0.2, -0.15) is 5.10 Å². The van der Waals surface area contributed by atoms with E-state index in [-0.39, 0.29) is 17.2 Å². The van der Waals surface area contributed by atoms with E-state index >= 15 is 0 Å². The summed E-state index contributed by atoms with van der Waals surface area (Å²) >= 11 is 0. The summed E-state index contributed by atoms with van der Waals surface area (Å²) in [5.41, 5.74) is 1.55. The van der Waals surface area contributed by atoms with Crippen molar-refractivity contribution in [3.8, 4) is 11.4 Å². The van der Waals surface area contributed by atoms with Gasteiger partial charge in [0.05, 0.1) is 0 Å². The van der Waals surface area contributed by atoms with Crippen molar-refractivity contribution in [2.45, 2.75) is 52.1 Å². The molecule has 3 heterocycles. The summed E-state index contributed by atoms with van der Waals surface area (Å²) < 4.78 is 3.49. The van der Waals surface area contributed by atoms with Crippen LogP contribution in [0, 0.1) is 0 Å². The van der Waals surface area contributed by atoms with E-state index in [4.69, 9.17) is 0 Å². The third-order valence-electron chi connectivity index (χ3n) is 5.02. The van der Waals surface area contributed by atoms with Gasteiger partial charge >= 0.3 is 0 Å². The summed E-state index contributed by atoms with van der Waals surface area (Å²) in [4.78, 5) is 24.4. The molecule has 1 amide bonds. The number of benzene rings is 1. The van der Waals surface area contributed by atoms with Crippen molar-refractivity contribution in [1.29, 1.82) is 0 Å². The minimum Gasteiger partial charge on any atom is -0.321 e. The molecule has 150 valence electrons. The van der Waals surface area contributed by atoms with Gasteiger partial charge in [-0.15, -0.1) is 10.2 Å². The van der Waals surface area contributed by atoms with Crippen LogP contribution < -0.4 is 10.9 Å². The Morgan fingerprint density at radius 3 is 2.90 bits per heavy atom. The number of rotatable bonds is 5. The highest BCUT2D eigenvalue weighted by atomic mass is 16.2. The third-order valence-corrected chi connectivity index (χ3v) is 5.02. The van der Waals surface area contributed by atoms with Crippen LogP contribution in [0.25, 0.3) is 11.4 Å². The fraction of sp³-hybridized carbons (Fsp3) is 0.381. The average molecular weight is 392 g/mol. The molecule has 2 aromatic heterocycles. The standard InChI is InChI=1S/C21H24N6O2/c1-2-12-27-19(28)11-10-17(25-27)21(29)22-16-8-6-7-15(14-16)20-24-23-18-9-4-3-5-13-26(18)20/h6-8,10-11,14H,2-5,9,12-13H2,1H3,(H,22,29). The Hall–Kier alpha value is -3.29. The van der Waals surface area contributed by atoms with Crippen molar-refractivity contribution in [3.63, 3.8) is 0 Å². The van der Waals surface area contributed by atoms with Gasteiger partial charge in [0.25, 0.3) is 11.5 Å². The fourth-order valence-corrected chi connectivity index (χ4v) is 3.57. The first-order chi connectivity index (χ1) is 14.2. The first-order valence-electron chi connectivity index (χ1n) is 10.1. The largest absolute Gasteiger partial charge is 0.321 e. The molecular formula is C21H24N6O2. The van der Waals surface area contributed by atoms with Gasteiger partial charge in [0.15, 0.2) is 5.82 Å². The monoisotopic (exact) mass is 392 g/mol. The Balaban J connectivity index is 1.57. The van der Waals surface area contributed by atoms with Crippen molar-refractivity contribution in [2.24, 2.45) is 0 Å². The Morgan fingerprint density at radius 2 is 2.03 bits per heavy atom. The highest BCUT2D eigenvalue weighted by molar-refractivity contribution is 6.02. The van der Waals surface area contributed by atoms with E-state index in [1.165, 1.54) is 23.2 Å². The SMILES string of the molecule is CCCn1nc(C(=O)Nc2cccc(-c3nnc4n3CCCCC4)c2)ccc1=O. The van der Waals surface area contributed by atoms with Crippen molar-refractivity contribution in [3.05, 3.63) is 58.3 Å². The molecule has 0 bridgehead atoms. The van der Waals surface area contributed by atoms with Crippen LogP contribution in [0.3, 0.4) is 0 Å². The molecule has 1 aromatic carbocycles. The van der Waals surface area contributed by atoms with Gasteiger partial charge in [-0.3, -0.25) is 9.59 Å². The second kappa shape index (κ2) is 8.38. The van der Waals surface area contributed by atoms with E-state index in [0.717, 1.165) is 49.4 Å². The molecule has 1 aliphatic heterocycles. The zero-order valence-corrected chi connectivity index (χ0v) is 16.5. The molecule has 0 saturated heterocycles. The molecule has 0 radical (unpaired) electrons. The van der Waals surface area contributed by atoms with Crippen molar-refractivity contribution in [1.82, 2.24) is 24.5 Å². The number of aryl methyl sites for hydroxylation is 2. The van der Waals surface area contributed by atoms with Crippen LogP contribution in [-0.4, -0.2) is 30.5 Å². The quantitative estimate of drug-likeness (QED) is 0.720. The molecule has 29 heavy (non-hydrogen) atoms. The molecule has 8 heteroatoms. The summed E-state index contributed by atoms with van der Waals surface area (Å²) in [7, 11) is 0. The molecule has 0 unspecified atom stereocenters. The van der Waals surface area contributed by atoms with Gasteiger partial charge in [0.2, 0.25) is 0 Å². The van der Waals surface area contributed by atoms with Gasteiger partial charge in [0.1, 0.15) is 11.5 Å². The van der Waals surface area contributed by atoms with E-state index in [1.54, 1.807) is 0 Å². The highest BCUT2D eigenvalue weighted by Crippen LogP contribution is 2.25. The van der Waals surface area contributed by atoms with Crippen LogP contribution in [0.15, 0.2) is 41.2 Å². The first kappa shape index (κ1) is 19.0. The van der Waals surface area contributed by atoms with Crippen LogP contribution in [0.2, 0.25) is 0 Å². The second-order valence-electron chi connectivity index (χ2n) is 7.22. The number of carbonyl (C=O) groups is 1. The number of nitrogens with one attached hydrogen (secondary N) is 1. The van der Waals surface area contributed by atoms with Gasteiger partial charge in [-0.25, -0.2) is 4.68 Å². The van der Waals surface area contributed by atoms with Crippen molar-refractivity contribution < 1.29 is 4.79 Å². The smallest absolute Gasteiger partial charge is 0.276 e. The molecule has 1 N–H and O–H groups in total. The molecule has 0 atom stereocenters. The Kier molecular flexibility index (Phi) is 5.50. The van der Waals surface area contributed by atoms with Crippen LogP contribution in [0.4, 0.5) is 5.69 Å². The van der Waals surface area contributed by atoms with Gasteiger partial charge < -0.3 is 9.88 Å². The summed E-state index contributed by atoms with van der Waals surface area (Å²) in [6.07, 6.45) is 5.17. The van der Waals surface area contributed by atoms with E-state index in [9.17, 15) is 9.59 Å². The number of fused-ring (bicyclic) bond motifs is 1. The lowest BCUT2D eigenvalue weighted by molar-refractivity contribution is 0.102. The topological polar surface area (TPSA) is 94.7 Å². The number of hydrogen-bond donors (Lipinski definition) is 1. The second-order valence-corrected chi connectivity index (χ2v) is 7.22. The lowest BCUT2D eigenvalue weighted by Gasteiger charge is -2.10. The average Bonchev–Trinajstić information content (AvgIpc) is 2.98. The summed E-state index contributed by atoms with van der Waals surface area (Å²) in [6, 6.07) is 10.4. The predicted octanol–water partition coefficient (Wildman–Crippen LogP) is 2.89. The maximum absolute atomic E-state index is 12.6. The molecule has 8 nitrogen and oxygen atoms in total. The van der Waals surface area contributed by atoms with Crippen LogP contribution >= 0.6 is 0 Å². The fourth-order valence-electron chi connectivity index (χ4n) is 3.57. The molecule has 4 rings (SSSR count). The maximum Gasteiger partial charge on any atom is 0.276 e. The van der Waals surface area contributed by atoms with Gasteiger partial charge in [-0.1, -0.05) is 25.5 Å². The minimum absolute atomic E-state index is 0.208. The Labute approximate surface area is 168 Å². The highest BCUT2D eigenvalue weighted by Gasteiger charge is 2.17. The van der Waals surface area contributed by atoms with Gasteiger partial charge in [0, 0.05) is 36.8 Å². The van der Waals surface area contributed by atoms with E-state index < -0.39 is 0 Å². The lowest BCUT2D eigenvalue weighted by Crippen LogP contribution is -2.26. The number of nitrogens with zero attached hydrogens (tertiary/aromatic N) is 5. The molecule has 1 aliphatic rings. The molecule has 0 fully saturated rings. The molecule has 3 aromatic rings.